The third-order valence-corrected chi connectivity index (χ3v) is 3.09. The zero-order valence-electron chi connectivity index (χ0n) is 12.9. The van der Waals surface area contributed by atoms with Crippen LogP contribution in [0.1, 0.15) is 0 Å². The summed E-state index contributed by atoms with van der Waals surface area (Å²) in [5.74, 6) is 0.309. The molecule has 1 heterocycles. The molecule has 9 nitrogen and oxygen atoms in total. The Morgan fingerprint density at radius 1 is 1.16 bits per heavy atom. The normalized spacial score (nSPS) is 10.2. The largest absolute Gasteiger partial charge is 0.490 e. The van der Waals surface area contributed by atoms with E-state index in [1.165, 1.54) is 0 Å². The lowest BCUT2D eigenvalue weighted by molar-refractivity contribution is -0.394. The molecule has 0 spiro atoms. The first-order valence-corrected chi connectivity index (χ1v) is 7.27. The van der Waals surface area contributed by atoms with Crippen molar-refractivity contribution >= 4 is 17.5 Å². The van der Waals surface area contributed by atoms with Crippen molar-refractivity contribution in [1.29, 1.82) is 0 Å². The third-order valence-electron chi connectivity index (χ3n) is 3.09. The molecule has 0 aliphatic rings. The molecule has 9 heteroatoms. The standard InChI is InChI=1S/C16H13N5O4/c22-15(10-20-11-17-16(19-20)21(23)24)18-12-5-4-8-14(9-12)25-13-6-2-1-3-7-13/h1-9,11H,10H2,(H,18,22). The maximum atomic E-state index is 12.0. The van der Waals surface area contributed by atoms with Crippen LogP contribution in [-0.2, 0) is 11.3 Å². The van der Waals surface area contributed by atoms with E-state index >= 15 is 0 Å². The van der Waals surface area contributed by atoms with Gasteiger partial charge in [-0.05, 0) is 29.2 Å². The quantitative estimate of drug-likeness (QED) is 0.546. The Morgan fingerprint density at radius 2 is 1.92 bits per heavy atom. The van der Waals surface area contributed by atoms with Gasteiger partial charge >= 0.3 is 5.95 Å². The first-order valence-electron chi connectivity index (χ1n) is 7.27. The van der Waals surface area contributed by atoms with Crippen LogP contribution >= 0.6 is 0 Å². The number of anilines is 1. The summed E-state index contributed by atoms with van der Waals surface area (Å²) in [6.07, 6.45) is 1.13. The monoisotopic (exact) mass is 339 g/mol. The lowest BCUT2D eigenvalue weighted by Crippen LogP contribution is -2.19. The van der Waals surface area contributed by atoms with Gasteiger partial charge in [0.2, 0.25) is 12.2 Å². The van der Waals surface area contributed by atoms with Crippen molar-refractivity contribution in [2.75, 3.05) is 5.32 Å². The van der Waals surface area contributed by atoms with E-state index in [2.05, 4.69) is 15.4 Å². The number of rotatable bonds is 6. The van der Waals surface area contributed by atoms with Gasteiger partial charge in [0, 0.05) is 16.9 Å². The van der Waals surface area contributed by atoms with Crippen LogP contribution in [-0.4, -0.2) is 25.6 Å². The number of nitro groups is 1. The summed E-state index contributed by atoms with van der Waals surface area (Å²) in [6, 6.07) is 16.1. The molecule has 0 aliphatic heterocycles. The van der Waals surface area contributed by atoms with Crippen molar-refractivity contribution < 1.29 is 14.5 Å². The molecule has 0 unspecified atom stereocenters. The summed E-state index contributed by atoms with van der Waals surface area (Å²) in [7, 11) is 0. The topological polar surface area (TPSA) is 112 Å². The maximum absolute atomic E-state index is 12.0. The minimum atomic E-state index is -0.723. The van der Waals surface area contributed by atoms with E-state index in [1.807, 2.05) is 30.3 Å². The van der Waals surface area contributed by atoms with E-state index in [0.717, 1.165) is 11.0 Å². The number of benzene rings is 2. The number of hydrogen-bond donors (Lipinski definition) is 1. The SMILES string of the molecule is O=C(Cn1cnc([N+](=O)[O-])n1)Nc1cccc(Oc2ccccc2)c1. The third kappa shape index (κ3) is 4.38. The second kappa shape index (κ2) is 7.21. The smallest absolute Gasteiger partial charge is 0.457 e. The second-order valence-corrected chi connectivity index (χ2v) is 4.99. The highest BCUT2D eigenvalue weighted by molar-refractivity contribution is 5.90. The van der Waals surface area contributed by atoms with Gasteiger partial charge in [-0.2, -0.15) is 4.68 Å². The first kappa shape index (κ1) is 16.1. The van der Waals surface area contributed by atoms with Gasteiger partial charge in [-0.15, -0.1) is 0 Å². The molecule has 0 atom stereocenters. The lowest BCUT2D eigenvalue weighted by atomic mass is 10.3. The highest BCUT2D eigenvalue weighted by Gasteiger charge is 2.15. The predicted octanol–water partition coefficient (Wildman–Crippen LogP) is 2.62. The molecule has 3 aromatic rings. The van der Waals surface area contributed by atoms with Gasteiger partial charge in [0.15, 0.2) is 0 Å². The fourth-order valence-corrected chi connectivity index (χ4v) is 2.05. The molecule has 126 valence electrons. The van der Waals surface area contributed by atoms with Crippen molar-refractivity contribution in [3.8, 4) is 11.5 Å². The van der Waals surface area contributed by atoms with Crippen molar-refractivity contribution in [2.24, 2.45) is 0 Å². The second-order valence-electron chi connectivity index (χ2n) is 4.99. The highest BCUT2D eigenvalue weighted by Crippen LogP contribution is 2.23. The predicted molar refractivity (Wildman–Crippen MR) is 88.3 cm³/mol. The van der Waals surface area contributed by atoms with Gasteiger partial charge in [-0.25, -0.2) is 0 Å². The summed E-state index contributed by atoms with van der Waals surface area (Å²) in [4.78, 5) is 25.3. The fraction of sp³-hybridized carbons (Fsp3) is 0.0625. The van der Waals surface area contributed by atoms with Crippen LogP contribution in [0.25, 0.3) is 0 Å². The highest BCUT2D eigenvalue weighted by atomic mass is 16.6. The zero-order chi connectivity index (χ0) is 17.6. The number of carbonyl (C=O) groups is 1. The molecular formula is C16H13N5O4. The summed E-state index contributed by atoms with van der Waals surface area (Å²) in [6.45, 7) is -0.190. The molecule has 3 rings (SSSR count). The Bertz CT molecular complexity index is 894. The Hall–Kier alpha value is -3.75. The van der Waals surface area contributed by atoms with Crippen LogP contribution in [0.2, 0.25) is 0 Å². The van der Waals surface area contributed by atoms with E-state index in [-0.39, 0.29) is 6.54 Å². The summed E-state index contributed by atoms with van der Waals surface area (Å²) in [5, 5.41) is 16.8. The minimum Gasteiger partial charge on any atom is -0.457 e. The zero-order valence-corrected chi connectivity index (χ0v) is 12.9. The lowest BCUT2D eigenvalue weighted by Gasteiger charge is -2.08. The van der Waals surface area contributed by atoms with E-state index in [0.29, 0.717) is 17.2 Å². The van der Waals surface area contributed by atoms with Crippen LogP contribution < -0.4 is 10.1 Å². The van der Waals surface area contributed by atoms with Crippen LogP contribution in [0.15, 0.2) is 60.9 Å². The Morgan fingerprint density at radius 3 is 2.64 bits per heavy atom. The van der Waals surface area contributed by atoms with Gasteiger partial charge in [0.25, 0.3) is 0 Å². The van der Waals surface area contributed by atoms with E-state index < -0.39 is 16.8 Å². The van der Waals surface area contributed by atoms with Crippen LogP contribution in [0.4, 0.5) is 11.6 Å². The number of amides is 1. The molecule has 0 saturated heterocycles. The van der Waals surface area contributed by atoms with Crippen molar-refractivity contribution in [3.05, 3.63) is 71.0 Å². The number of nitrogens with zero attached hydrogens (tertiary/aromatic N) is 4. The molecule has 1 aromatic heterocycles. The number of para-hydroxylation sites is 1. The molecular weight excluding hydrogens is 326 g/mol. The number of ether oxygens (including phenoxy) is 1. The molecule has 25 heavy (non-hydrogen) atoms. The van der Waals surface area contributed by atoms with E-state index in [4.69, 9.17) is 4.74 Å². The Labute approximate surface area is 142 Å². The molecule has 0 radical (unpaired) electrons. The number of nitrogens with one attached hydrogen (secondary N) is 1. The Kier molecular flexibility index (Phi) is 4.65. The summed E-state index contributed by atoms with van der Waals surface area (Å²) in [5.41, 5.74) is 0.535. The van der Waals surface area contributed by atoms with Gasteiger partial charge in [-0.3, -0.25) is 4.79 Å². The van der Waals surface area contributed by atoms with Gasteiger partial charge in [-0.1, -0.05) is 29.2 Å². The summed E-state index contributed by atoms with van der Waals surface area (Å²) < 4.78 is 6.79. The van der Waals surface area contributed by atoms with Gasteiger partial charge in [0.1, 0.15) is 18.0 Å². The first-order chi connectivity index (χ1) is 12.1. The molecule has 0 saturated carbocycles. The molecule has 1 amide bonds. The molecule has 1 N–H and O–H groups in total. The van der Waals surface area contributed by atoms with Crippen LogP contribution in [0.3, 0.4) is 0 Å². The van der Waals surface area contributed by atoms with Crippen LogP contribution in [0, 0.1) is 10.1 Å². The number of hydrogen-bond acceptors (Lipinski definition) is 6. The van der Waals surface area contributed by atoms with Crippen molar-refractivity contribution in [3.63, 3.8) is 0 Å². The molecule has 0 bridgehead atoms. The fourth-order valence-electron chi connectivity index (χ4n) is 2.05. The van der Waals surface area contributed by atoms with Crippen molar-refractivity contribution in [2.45, 2.75) is 6.54 Å². The molecule has 2 aromatic carbocycles. The van der Waals surface area contributed by atoms with Crippen molar-refractivity contribution in [1.82, 2.24) is 14.8 Å². The van der Waals surface area contributed by atoms with E-state index in [9.17, 15) is 14.9 Å². The van der Waals surface area contributed by atoms with Gasteiger partial charge in [0.05, 0.1) is 0 Å². The molecule has 0 fully saturated rings. The average molecular weight is 339 g/mol. The van der Waals surface area contributed by atoms with Crippen LogP contribution in [0.5, 0.6) is 11.5 Å². The summed E-state index contributed by atoms with van der Waals surface area (Å²) >= 11 is 0. The minimum absolute atomic E-state index is 0.190. The molecule has 0 aliphatic carbocycles. The maximum Gasteiger partial charge on any atom is 0.490 e. The number of carbonyl (C=O) groups excluding carboxylic acids is 1. The van der Waals surface area contributed by atoms with Gasteiger partial charge < -0.3 is 20.2 Å². The Balaban J connectivity index is 1.63. The number of aromatic nitrogens is 3. The average Bonchev–Trinajstić information content (AvgIpc) is 3.05. The van der Waals surface area contributed by atoms with E-state index in [1.54, 1.807) is 24.3 Å².